The number of alkyl halides is 1. The zero-order valence-electron chi connectivity index (χ0n) is 11.4. The summed E-state index contributed by atoms with van der Waals surface area (Å²) in [6.07, 6.45) is 0.693. The molecular formula is C16H13BrCl2N2. The molecule has 1 aromatic heterocycles. The first-order valence-corrected chi connectivity index (χ1v) is 8.30. The van der Waals surface area contributed by atoms with Gasteiger partial charge in [-0.05, 0) is 42.8 Å². The second-order valence-corrected chi connectivity index (χ2v) is 6.59. The van der Waals surface area contributed by atoms with Crippen molar-refractivity contribution in [1.29, 1.82) is 0 Å². The molecular weight excluding hydrogens is 371 g/mol. The van der Waals surface area contributed by atoms with Crippen molar-refractivity contribution < 1.29 is 0 Å². The van der Waals surface area contributed by atoms with Crippen molar-refractivity contribution in [2.75, 3.05) is 5.88 Å². The molecule has 0 amide bonds. The smallest absolute Gasteiger partial charge is 0.115 e. The van der Waals surface area contributed by atoms with E-state index < -0.39 is 0 Å². The molecule has 0 spiro atoms. The largest absolute Gasteiger partial charge is 0.295 e. The minimum atomic E-state index is 0.522. The molecule has 0 N–H and O–H groups in total. The Morgan fingerprint density at radius 3 is 2.76 bits per heavy atom. The summed E-state index contributed by atoms with van der Waals surface area (Å²) in [7, 11) is 0. The van der Waals surface area contributed by atoms with Crippen molar-refractivity contribution in [3.63, 3.8) is 0 Å². The van der Waals surface area contributed by atoms with Crippen LogP contribution in [0.5, 0.6) is 0 Å². The molecule has 0 aliphatic carbocycles. The molecule has 0 aliphatic heterocycles. The fraction of sp³-hybridized carbons (Fsp3) is 0.188. The zero-order chi connectivity index (χ0) is 15.0. The summed E-state index contributed by atoms with van der Waals surface area (Å²) in [5, 5.41) is 0.707. The lowest BCUT2D eigenvalue weighted by atomic mass is 10.2. The number of hydrogen-bond donors (Lipinski definition) is 0. The van der Waals surface area contributed by atoms with Crippen molar-refractivity contribution in [2.45, 2.75) is 13.3 Å². The van der Waals surface area contributed by atoms with E-state index in [4.69, 9.17) is 28.2 Å². The van der Waals surface area contributed by atoms with Crippen LogP contribution in [-0.4, -0.2) is 15.4 Å². The first-order chi connectivity index (χ1) is 10.1. The summed E-state index contributed by atoms with van der Waals surface area (Å²) in [5.74, 6) is 1.44. The number of aromatic nitrogens is 2. The molecule has 2 nitrogen and oxygen atoms in total. The van der Waals surface area contributed by atoms with Gasteiger partial charge in [0.1, 0.15) is 5.82 Å². The summed E-state index contributed by atoms with van der Waals surface area (Å²) in [4.78, 5) is 4.70. The van der Waals surface area contributed by atoms with Crippen molar-refractivity contribution in [3.05, 3.63) is 57.3 Å². The lowest BCUT2D eigenvalue weighted by molar-refractivity contribution is 0.911. The highest BCUT2D eigenvalue weighted by molar-refractivity contribution is 9.10. The van der Waals surface area contributed by atoms with Gasteiger partial charge in [0.2, 0.25) is 0 Å². The Morgan fingerprint density at radius 1 is 1.19 bits per heavy atom. The predicted octanol–water partition coefficient (Wildman–Crippen LogP) is 5.53. The van der Waals surface area contributed by atoms with E-state index in [1.165, 1.54) is 0 Å². The van der Waals surface area contributed by atoms with E-state index in [0.29, 0.717) is 17.3 Å². The van der Waals surface area contributed by atoms with Crippen LogP contribution in [0.1, 0.15) is 11.4 Å². The van der Waals surface area contributed by atoms with E-state index in [0.717, 1.165) is 32.6 Å². The summed E-state index contributed by atoms with van der Waals surface area (Å²) in [6.45, 7) is 2.05. The third-order valence-electron chi connectivity index (χ3n) is 3.35. The van der Waals surface area contributed by atoms with Crippen LogP contribution in [0.4, 0.5) is 0 Å². The number of rotatable bonds is 3. The molecule has 1 heterocycles. The van der Waals surface area contributed by atoms with E-state index in [-0.39, 0.29) is 0 Å². The molecule has 0 saturated carbocycles. The number of nitrogens with zero attached hydrogens (tertiary/aromatic N) is 2. The SMILES string of the molecule is Cc1ccc(Cl)c(-n2c(CCCl)nc3cc(Br)ccc32)c1. The fourth-order valence-electron chi connectivity index (χ4n) is 2.42. The molecule has 0 saturated heterocycles. The van der Waals surface area contributed by atoms with Crippen LogP contribution in [0.2, 0.25) is 5.02 Å². The van der Waals surface area contributed by atoms with Crippen LogP contribution in [0.3, 0.4) is 0 Å². The van der Waals surface area contributed by atoms with Crippen LogP contribution in [0.25, 0.3) is 16.7 Å². The van der Waals surface area contributed by atoms with Gasteiger partial charge in [0.25, 0.3) is 0 Å². The van der Waals surface area contributed by atoms with E-state index in [1.54, 1.807) is 0 Å². The van der Waals surface area contributed by atoms with Crippen LogP contribution in [-0.2, 0) is 6.42 Å². The molecule has 0 atom stereocenters. The minimum Gasteiger partial charge on any atom is -0.295 e. The fourth-order valence-corrected chi connectivity index (χ4v) is 3.14. The Morgan fingerprint density at radius 2 is 2.00 bits per heavy atom. The van der Waals surface area contributed by atoms with Gasteiger partial charge in [-0.2, -0.15) is 0 Å². The molecule has 3 rings (SSSR count). The molecule has 0 bridgehead atoms. The summed E-state index contributed by atoms with van der Waals surface area (Å²) in [5.41, 5.74) is 4.07. The van der Waals surface area contributed by atoms with Gasteiger partial charge in [0, 0.05) is 16.8 Å². The van der Waals surface area contributed by atoms with Gasteiger partial charge < -0.3 is 0 Å². The number of aryl methyl sites for hydroxylation is 2. The Labute approximate surface area is 141 Å². The topological polar surface area (TPSA) is 17.8 Å². The highest BCUT2D eigenvalue weighted by Crippen LogP contribution is 2.29. The Bertz CT molecular complexity index is 811. The van der Waals surface area contributed by atoms with Crippen LogP contribution >= 0.6 is 39.1 Å². The normalized spacial score (nSPS) is 11.2. The molecule has 0 unspecified atom stereocenters. The third kappa shape index (κ3) is 2.83. The molecule has 0 fully saturated rings. The zero-order valence-corrected chi connectivity index (χ0v) is 14.5. The number of halogens is 3. The van der Waals surface area contributed by atoms with Gasteiger partial charge in [0.15, 0.2) is 0 Å². The van der Waals surface area contributed by atoms with Crippen LogP contribution < -0.4 is 0 Å². The van der Waals surface area contributed by atoms with E-state index in [9.17, 15) is 0 Å². The van der Waals surface area contributed by atoms with Crippen LogP contribution in [0.15, 0.2) is 40.9 Å². The lowest BCUT2D eigenvalue weighted by Gasteiger charge is -2.11. The monoisotopic (exact) mass is 382 g/mol. The van der Waals surface area contributed by atoms with Gasteiger partial charge in [0.05, 0.1) is 21.7 Å². The second kappa shape index (κ2) is 5.99. The molecule has 21 heavy (non-hydrogen) atoms. The van der Waals surface area contributed by atoms with E-state index >= 15 is 0 Å². The lowest BCUT2D eigenvalue weighted by Crippen LogP contribution is -2.03. The first-order valence-electron chi connectivity index (χ1n) is 6.59. The van der Waals surface area contributed by atoms with Crippen LogP contribution in [0, 0.1) is 6.92 Å². The first kappa shape index (κ1) is 14.9. The van der Waals surface area contributed by atoms with Crippen molar-refractivity contribution in [3.8, 4) is 5.69 Å². The maximum Gasteiger partial charge on any atom is 0.115 e. The standard InChI is InChI=1S/C16H13BrCl2N2/c1-10-2-4-12(19)15(8-10)21-14-5-3-11(17)9-13(14)20-16(21)6-7-18/h2-5,8-9H,6-7H2,1H3. The maximum absolute atomic E-state index is 6.40. The second-order valence-electron chi connectivity index (χ2n) is 4.89. The quantitative estimate of drug-likeness (QED) is 0.543. The highest BCUT2D eigenvalue weighted by Gasteiger charge is 2.14. The van der Waals surface area contributed by atoms with Gasteiger partial charge >= 0.3 is 0 Å². The molecule has 3 aromatic rings. The Kier molecular flexibility index (Phi) is 4.25. The van der Waals surface area contributed by atoms with E-state index in [2.05, 4.69) is 33.5 Å². The molecule has 0 aliphatic rings. The Hall–Kier alpha value is -1.03. The van der Waals surface area contributed by atoms with Crippen molar-refractivity contribution in [2.24, 2.45) is 0 Å². The highest BCUT2D eigenvalue weighted by atomic mass is 79.9. The van der Waals surface area contributed by atoms with Gasteiger partial charge in [-0.1, -0.05) is 33.6 Å². The molecule has 0 radical (unpaired) electrons. The van der Waals surface area contributed by atoms with Crippen molar-refractivity contribution in [1.82, 2.24) is 9.55 Å². The summed E-state index contributed by atoms with van der Waals surface area (Å²) >= 11 is 15.8. The number of hydrogen-bond acceptors (Lipinski definition) is 1. The summed E-state index contributed by atoms with van der Waals surface area (Å²) in [6, 6.07) is 12.1. The summed E-state index contributed by atoms with van der Waals surface area (Å²) < 4.78 is 3.10. The third-order valence-corrected chi connectivity index (χ3v) is 4.35. The molecule has 2 aromatic carbocycles. The van der Waals surface area contributed by atoms with Crippen molar-refractivity contribution >= 4 is 50.2 Å². The molecule has 108 valence electrons. The number of fused-ring (bicyclic) bond motifs is 1. The molecule has 5 heteroatoms. The maximum atomic E-state index is 6.40. The number of benzene rings is 2. The van der Waals surface area contributed by atoms with E-state index in [1.807, 2.05) is 30.3 Å². The van der Waals surface area contributed by atoms with Gasteiger partial charge in [-0.15, -0.1) is 11.6 Å². The number of imidazole rings is 1. The Balaban J connectivity index is 2.33. The van der Waals surface area contributed by atoms with Gasteiger partial charge in [-0.3, -0.25) is 4.57 Å². The average molecular weight is 384 g/mol. The van der Waals surface area contributed by atoms with Gasteiger partial charge in [-0.25, -0.2) is 4.98 Å². The minimum absolute atomic E-state index is 0.522. The average Bonchev–Trinajstić information content (AvgIpc) is 2.79. The predicted molar refractivity (Wildman–Crippen MR) is 92.9 cm³/mol.